The van der Waals surface area contributed by atoms with Crippen molar-refractivity contribution in [3.05, 3.63) is 0 Å². The zero-order valence-corrected chi connectivity index (χ0v) is 15.1. The summed E-state index contributed by atoms with van der Waals surface area (Å²) in [6.45, 7) is 7.51. The minimum atomic E-state index is 0.467. The highest BCUT2D eigenvalue weighted by Crippen LogP contribution is 2.36. The highest BCUT2D eigenvalue weighted by molar-refractivity contribution is 4.74. The molecule has 0 radical (unpaired) electrons. The van der Waals surface area contributed by atoms with Gasteiger partial charge in [-0.3, -0.25) is 0 Å². The molecule has 0 fully saturated rings. The molecule has 22 heavy (non-hydrogen) atoms. The zero-order valence-electron chi connectivity index (χ0n) is 15.1. The van der Waals surface area contributed by atoms with Crippen LogP contribution < -0.4 is 0 Å². The van der Waals surface area contributed by atoms with Crippen molar-refractivity contribution < 1.29 is 20.2 Å². The van der Waals surface area contributed by atoms with Crippen molar-refractivity contribution in [3.63, 3.8) is 0 Å². The van der Waals surface area contributed by atoms with E-state index in [9.17, 15) is 0 Å². The van der Waals surface area contributed by atoms with E-state index in [4.69, 9.17) is 5.26 Å². The molecule has 0 spiro atoms. The maximum absolute atomic E-state index is 7.87. The third-order valence-electron chi connectivity index (χ3n) is 5.26. The van der Waals surface area contributed by atoms with E-state index in [2.05, 4.69) is 35.7 Å². The van der Waals surface area contributed by atoms with Gasteiger partial charge in [0.05, 0.1) is 6.61 Å². The second-order valence-electron chi connectivity index (χ2n) is 6.46. The van der Waals surface area contributed by atoms with Crippen molar-refractivity contribution in [1.29, 1.82) is 0 Å². The van der Waals surface area contributed by atoms with Crippen LogP contribution in [-0.4, -0.2) is 11.9 Å². The van der Waals surface area contributed by atoms with Crippen LogP contribution >= 0.6 is 0 Å². The van der Waals surface area contributed by atoms with E-state index in [-0.39, 0.29) is 0 Å². The second kappa shape index (κ2) is 15.7. The van der Waals surface area contributed by atoms with E-state index in [1.54, 1.807) is 0 Å². The van der Waals surface area contributed by atoms with Gasteiger partial charge in [0.25, 0.3) is 0 Å². The van der Waals surface area contributed by atoms with Crippen LogP contribution in [0.25, 0.3) is 0 Å². The highest BCUT2D eigenvalue weighted by atomic mass is 17.6. The van der Waals surface area contributed by atoms with Gasteiger partial charge in [-0.25, -0.2) is 10.1 Å². The SMILES string of the molecule is CCC(CC)(CC)CCCCCCCCCCCOOOO. The minimum absolute atomic E-state index is 0.467. The van der Waals surface area contributed by atoms with E-state index in [0.717, 1.165) is 12.8 Å². The Bertz CT molecular complexity index is 209. The summed E-state index contributed by atoms with van der Waals surface area (Å²) in [6, 6.07) is 0. The Kier molecular flexibility index (Phi) is 15.6. The fourth-order valence-corrected chi connectivity index (χ4v) is 3.23. The van der Waals surface area contributed by atoms with Crippen molar-refractivity contribution in [2.45, 2.75) is 104 Å². The van der Waals surface area contributed by atoms with E-state index < -0.39 is 0 Å². The van der Waals surface area contributed by atoms with Gasteiger partial charge in [0.2, 0.25) is 0 Å². The predicted molar refractivity (Wildman–Crippen MR) is 90.2 cm³/mol. The lowest BCUT2D eigenvalue weighted by atomic mass is 9.75. The number of hydrogen-bond acceptors (Lipinski definition) is 4. The first-order chi connectivity index (χ1) is 10.7. The van der Waals surface area contributed by atoms with Crippen LogP contribution in [0.5, 0.6) is 0 Å². The van der Waals surface area contributed by atoms with Gasteiger partial charge in [0.1, 0.15) is 0 Å². The van der Waals surface area contributed by atoms with Gasteiger partial charge in [-0.1, -0.05) is 91.4 Å². The average Bonchev–Trinajstić information content (AvgIpc) is 2.56. The van der Waals surface area contributed by atoms with Crippen LogP contribution in [0.4, 0.5) is 0 Å². The highest BCUT2D eigenvalue weighted by Gasteiger charge is 2.22. The quantitative estimate of drug-likeness (QED) is 0.190. The Morgan fingerprint density at radius 2 is 1.14 bits per heavy atom. The van der Waals surface area contributed by atoms with Crippen molar-refractivity contribution in [1.82, 2.24) is 0 Å². The smallest absolute Gasteiger partial charge is 0.0854 e. The van der Waals surface area contributed by atoms with Crippen molar-refractivity contribution >= 4 is 0 Å². The minimum Gasteiger partial charge on any atom is -0.219 e. The maximum Gasteiger partial charge on any atom is 0.0854 e. The van der Waals surface area contributed by atoms with Gasteiger partial charge < -0.3 is 0 Å². The Morgan fingerprint density at radius 3 is 1.59 bits per heavy atom. The number of rotatable bonds is 17. The van der Waals surface area contributed by atoms with Gasteiger partial charge in [0.15, 0.2) is 0 Å². The van der Waals surface area contributed by atoms with E-state index in [1.807, 2.05) is 0 Å². The van der Waals surface area contributed by atoms with Crippen molar-refractivity contribution in [3.8, 4) is 0 Å². The summed E-state index contributed by atoms with van der Waals surface area (Å²) in [5.41, 5.74) is 0.618. The third kappa shape index (κ3) is 11.4. The van der Waals surface area contributed by atoms with Crippen molar-refractivity contribution in [2.24, 2.45) is 5.41 Å². The molecule has 4 nitrogen and oxygen atoms in total. The summed E-state index contributed by atoms with van der Waals surface area (Å²) in [5.74, 6) is 0. The monoisotopic (exact) mass is 318 g/mol. The third-order valence-corrected chi connectivity index (χ3v) is 5.26. The lowest BCUT2D eigenvalue weighted by Crippen LogP contribution is -2.17. The van der Waals surface area contributed by atoms with Crippen LogP contribution in [0.1, 0.15) is 104 Å². The van der Waals surface area contributed by atoms with Gasteiger partial charge >= 0.3 is 0 Å². The molecule has 0 unspecified atom stereocenters. The first-order valence-electron chi connectivity index (χ1n) is 9.34. The van der Waals surface area contributed by atoms with Gasteiger partial charge in [-0.15, -0.1) is 0 Å². The molecule has 0 aliphatic rings. The number of unbranched alkanes of at least 4 members (excludes halogenated alkanes) is 8. The van der Waals surface area contributed by atoms with Gasteiger partial charge in [-0.05, 0) is 28.3 Å². The Hall–Kier alpha value is -0.160. The first kappa shape index (κ1) is 21.8. The molecular formula is C18H38O4. The molecule has 0 heterocycles. The summed E-state index contributed by atoms with van der Waals surface area (Å²) in [5, 5.41) is 15.1. The Balaban J connectivity index is 3.27. The fraction of sp³-hybridized carbons (Fsp3) is 1.00. The van der Waals surface area contributed by atoms with Crippen LogP contribution in [0.15, 0.2) is 0 Å². The molecule has 0 atom stereocenters. The summed E-state index contributed by atoms with van der Waals surface area (Å²) >= 11 is 0. The Labute approximate surface area is 137 Å². The molecular weight excluding hydrogens is 280 g/mol. The fourth-order valence-electron chi connectivity index (χ4n) is 3.23. The van der Waals surface area contributed by atoms with Crippen molar-refractivity contribution in [2.75, 3.05) is 6.61 Å². The molecule has 4 heteroatoms. The molecule has 1 N–H and O–H groups in total. The number of hydrogen-bond donors (Lipinski definition) is 1. The molecule has 0 aliphatic carbocycles. The second-order valence-corrected chi connectivity index (χ2v) is 6.46. The summed E-state index contributed by atoms with van der Waals surface area (Å²) < 4.78 is 0. The van der Waals surface area contributed by atoms with Crippen LogP contribution in [0.2, 0.25) is 0 Å². The zero-order chi connectivity index (χ0) is 16.5. The maximum atomic E-state index is 7.87. The molecule has 0 aliphatic heterocycles. The standard InChI is InChI=1S/C18H38O4/c1-4-18(5-2,6-3)16-14-12-10-8-7-9-11-13-15-17-20-22-21-19/h19H,4-17H2,1-3H3. The summed E-state index contributed by atoms with van der Waals surface area (Å²) in [6.07, 6.45) is 16.9. The molecule has 0 rings (SSSR count). The summed E-state index contributed by atoms with van der Waals surface area (Å²) in [7, 11) is 0. The molecule has 0 aromatic heterocycles. The first-order valence-corrected chi connectivity index (χ1v) is 9.34. The van der Waals surface area contributed by atoms with Crippen LogP contribution in [0, 0.1) is 5.41 Å². The average molecular weight is 318 g/mol. The van der Waals surface area contributed by atoms with Gasteiger partial charge in [0, 0.05) is 0 Å². The predicted octanol–water partition coefficient (Wildman–Crippen LogP) is 6.46. The molecule has 0 amide bonds. The van der Waals surface area contributed by atoms with E-state index in [0.29, 0.717) is 12.0 Å². The topological polar surface area (TPSA) is 47.9 Å². The molecule has 0 bridgehead atoms. The molecule has 0 aromatic rings. The van der Waals surface area contributed by atoms with E-state index in [1.165, 1.54) is 70.6 Å². The summed E-state index contributed by atoms with van der Waals surface area (Å²) in [4.78, 5) is 4.54. The van der Waals surface area contributed by atoms with E-state index >= 15 is 0 Å². The largest absolute Gasteiger partial charge is 0.219 e. The normalized spacial score (nSPS) is 12.0. The van der Waals surface area contributed by atoms with Gasteiger partial charge in [-0.2, -0.15) is 0 Å². The lowest BCUT2D eigenvalue weighted by Gasteiger charge is -2.30. The molecule has 0 saturated heterocycles. The van der Waals surface area contributed by atoms with Crippen LogP contribution in [0.3, 0.4) is 0 Å². The lowest BCUT2D eigenvalue weighted by molar-refractivity contribution is -0.623. The molecule has 134 valence electrons. The Morgan fingerprint density at radius 1 is 0.682 bits per heavy atom. The van der Waals surface area contributed by atoms with Crippen LogP contribution in [-0.2, 0) is 15.0 Å². The molecule has 0 saturated carbocycles. The molecule has 0 aromatic carbocycles.